The zero-order valence-corrected chi connectivity index (χ0v) is 23.2. The minimum atomic E-state index is -0.222. The van der Waals surface area contributed by atoms with Gasteiger partial charge < -0.3 is 10.2 Å². The highest BCUT2D eigenvalue weighted by molar-refractivity contribution is 7.09. The number of allylic oxidation sites excluding steroid dienone is 4. The molecule has 7 nitrogen and oxygen atoms in total. The molecule has 4 heterocycles. The topological polar surface area (TPSA) is 82.1 Å². The Morgan fingerprint density at radius 2 is 1.87 bits per heavy atom. The van der Waals surface area contributed by atoms with E-state index in [0.29, 0.717) is 41.8 Å². The molecule has 0 saturated carbocycles. The maximum atomic E-state index is 13.2. The van der Waals surface area contributed by atoms with Gasteiger partial charge in [0.25, 0.3) is 11.8 Å². The van der Waals surface area contributed by atoms with E-state index in [1.54, 1.807) is 17.4 Å². The van der Waals surface area contributed by atoms with Crippen LogP contribution in [-0.2, 0) is 17.6 Å². The van der Waals surface area contributed by atoms with Gasteiger partial charge in [0.05, 0.1) is 28.5 Å². The van der Waals surface area contributed by atoms with Gasteiger partial charge in [-0.05, 0) is 80.5 Å². The number of carbonyl (C=O) groups is 3. The molecule has 4 aliphatic rings. The Hall–Kier alpha value is -3.36. The number of hydrogen-bond acceptors (Lipinski definition) is 7. The molecule has 2 amide bonds. The molecule has 1 unspecified atom stereocenters. The number of rotatable bonds is 8. The van der Waals surface area contributed by atoms with Gasteiger partial charge in [0.2, 0.25) is 0 Å². The van der Waals surface area contributed by atoms with E-state index < -0.39 is 0 Å². The van der Waals surface area contributed by atoms with E-state index in [-0.39, 0.29) is 23.6 Å². The molecule has 1 fully saturated rings. The number of likely N-dealkylation sites (tertiary alicyclic amines) is 1. The summed E-state index contributed by atoms with van der Waals surface area (Å²) in [5.41, 5.74) is 4.79. The van der Waals surface area contributed by atoms with Gasteiger partial charge >= 0.3 is 0 Å². The van der Waals surface area contributed by atoms with Gasteiger partial charge in [-0.2, -0.15) is 0 Å². The minimum absolute atomic E-state index is 0.0430. The molecular weight excluding hydrogens is 508 g/mol. The Morgan fingerprint density at radius 3 is 2.62 bits per heavy atom. The van der Waals surface area contributed by atoms with E-state index in [1.165, 1.54) is 22.6 Å². The van der Waals surface area contributed by atoms with Crippen molar-refractivity contribution in [3.05, 3.63) is 74.6 Å². The van der Waals surface area contributed by atoms with E-state index in [2.05, 4.69) is 34.7 Å². The van der Waals surface area contributed by atoms with Gasteiger partial charge in [0, 0.05) is 42.1 Å². The van der Waals surface area contributed by atoms with Crippen molar-refractivity contribution in [1.29, 1.82) is 0 Å². The Bertz CT molecular complexity index is 1350. The molecule has 1 N–H and O–H groups in total. The number of amides is 2. The summed E-state index contributed by atoms with van der Waals surface area (Å²) < 4.78 is 0. The summed E-state index contributed by atoms with van der Waals surface area (Å²) in [5.74, 6) is -0.388. The van der Waals surface area contributed by atoms with E-state index in [0.717, 1.165) is 55.8 Å². The molecule has 1 aliphatic carbocycles. The molecule has 0 bridgehead atoms. The van der Waals surface area contributed by atoms with Crippen molar-refractivity contribution < 1.29 is 14.4 Å². The fourth-order valence-electron chi connectivity index (χ4n) is 6.03. The Balaban J connectivity index is 1.22. The van der Waals surface area contributed by atoms with Crippen LogP contribution in [0.5, 0.6) is 0 Å². The quantitative estimate of drug-likeness (QED) is 0.373. The molecule has 1 saturated heterocycles. The first-order chi connectivity index (χ1) is 19.0. The van der Waals surface area contributed by atoms with E-state index in [9.17, 15) is 14.4 Å². The van der Waals surface area contributed by atoms with Crippen molar-refractivity contribution in [3.63, 3.8) is 0 Å². The molecule has 0 spiro atoms. The maximum absolute atomic E-state index is 13.2. The van der Waals surface area contributed by atoms with Gasteiger partial charge in [0.15, 0.2) is 5.78 Å². The zero-order valence-electron chi connectivity index (χ0n) is 22.4. The van der Waals surface area contributed by atoms with Gasteiger partial charge in [-0.25, -0.2) is 0 Å². The number of imide groups is 1. The lowest BCUT2D eigenvalue weighted by Crippen LogP contribution is -2.33. The molecule has 0 radical (unpaired) electrons. The van der Waals surface area contributed by atoms with Gasteiger partial charge in [-0.3, -0.25) is 24.3 Å². The number of hydrogen-bond donors (Lipinski definition) is 1. The maximum Gasteiger partial charge on any atom is 0.261 e. The van der Waals surface area contributed by atoms with Crippen LogP contribution in [0.3, 0.4) is 0 Å². The van der Waals surface area contributed by atoms with Crippen LogP contribution in [0.25, 0.3) is 0 Å². The summed E-state index contributed by atoms with van der Waals surface area (Å²) in [6, 6.07) is 7.91. The Labute approximate surface area is 233 Å². The summed E-state index contributed by atoms with van der Waals surface area (Å²) in [6.45, 7) is 5.70. The summed E-state index contributed by atoms with van der Waals surface area (Å²) in [5, 5.41) is 5.50. The number of ketones is 1. The molecule has 1 aromatic heterocycles. The first kappa shape index (κ1) is 25.9. The zero-order chi connectivity index (χ0) is 26.9. The predicted octanol–water partition coefficient (Wildman–Crippen LogP) is 5.04. The fourth-order valence-corrected chi connectivity index (χ4v) is 6.81. The lowest BCUT2D eigenvalue weighted by molar-refractivity contribution is -0.114. The van der Waals surface area contributed by atoms with Crippen LogP contribution >= 0.6 is 11.3 Å². The number of Topliss-reactive ketones (excluding diaryl/α,β-unsaturated/α-hetero) is 1. The van der Waals surface area contributed by atoms with Crippen LogP contribution in [-0.4, -0.2) is 65.3 Å². The largest absolute Gasteiger partial charge is 0.358 e. The van der Waals surface area contributed by atoms with Crippen molar-refractivity contribution in [3.8, 4) is 0 Å². The summed E-state index contributed by atoms with van der Waals surface area (Å²) in [4.78, 5) is 49.6. The average Bonchev–Trinajstić information content (AvgIpc) is 3.74. The Kier molecular flexibility index (Phi) is 7.32. The summed E-state index contributed by atoms with van der Waals surface area (Å²) in [7, 11) is 0. The smallest absolute Gasteiger partial charge is 0.261 e. The van der Waals surface area contributed by atoms with Crippen molar-refractivity contribution in [2.45, 2.75) is 57.9 Å². The first-order valence-corrected chi connectivity index (χ1v) is 15.0. The van der Waals surface area contributed by atoms with Crippen LogP contribution in [0.15, 0.2) is 58.1 Å². The second kappa shape index (κ2) is 11.0. The highest BCUT2D eigenvalue weighted by Crippen LogP contribution is 2.37. The summed E-state index contributed by atoms with van der Waals surface area (Å²) in [6.07, 6.45) is 9.68. The number of nitrogens with one attached hydrogen (secondary N) is 1. The van der Waals surface area contributed by atoms with Crippen molar-refractivity contribution >= 4 is 40.3 Å². The Morgan fingerprint density at radius 1 is 1.08 bits per heavy atom. The molecular formula is C31H34N4O3S. The first-order valence-electron chi connectivity index (χ1n) is 14.1. The molecule has 2 aromatic rings. The molecule has 6 rings (SSSR count). The number of benzene rings is 1. The second-order valence-electron chi connectivity index (χ2n) is 10.8. The van der Waals surface area contributed by atoms with Crippen molar-refractivity contribution in [1.82, 2.24) is 9.80 Å². The molecule has 1 aromatic carbocycles. The molecule has 3 aliphatic heterocycles. The molecule has 39 heavy (non-hydrogen) atoms. The number of thiophene rings is 1. The van der Waals surface area contributed by atoms with Gasteiger partial charge in [-0.1, -0.05) is 19.1 Å². The molecule has 1 atom stereocenters. The molecule has 8 heteroatoms. The second-order valence-corrected chi connectivity index (χ2v) is 11.8. The van der Waals surface area contributed by atoms with Gasteiger partial charge in [0.1, 0.15) is 0 Å². The normalized spacial score (nSPS) is 22.6. The number of nitrogens with zero attached hydrogens (tertiary/aromatic N) is 3. The SMILES string of the molecule is CCC(Cc1cccs1)N=C1C=CCC(=O)C1=C1Cc2cc3c(cc2N1)C(=O)N(CCCN1CCCC1)C3=O. The van der Waals surface area contributed by atoms with Crippen LogP contribution in [0, 0.1) is 0 Å². The standard InChI is InChI=1S/C31H34N4O3S/c1-2-21(18-22-8-6-15-39-22)32-25-9-5-10-28(36)29(25)27-17-20-16-23-24(19-26(20)33-27)31(38)35(30(23)37)14-7-13-34-11-3-4-12-34/h5-6,8-9,15-16,19,21,33H,2-4,7,10-14,17-18H2,1H3. The predicted molar refractivity (Wildman–Crippen MR) is 155 cm³/mol. The summed E-state index contributed by atoms with van der Waals surface area (Å²) >= 11 is 1.73. The average molecular weight is 543 g/mol. The fraction of sp³-hybridized carbons (Fsp3) is 0.419. The van der Waals surface area contributed by atoms with Crippen LogP contribution in [0.2, 0.25) is 0 Å². The number of aliphatic imine (C=N–C) groups is 1. The van der Waals surface area contributed by atoms with Crippen LogP contribution in [0.1, 0.15) is 70.2 Å². The third kappa shape index (κ3) is 5.15. The third-order valence-electron chi connectivity index (χ3n) is 8.13. The number of carbonyl (C=O) groups excluding carboxylic acids is 3. The third-order valence-corrected chi connectivity index (χ3v) is 9.03. The van der Waals surface area contributed by atoms with Crippen molar-refractivity contribution in [2.24, 2.45) is 4.99 Å². The van der Waals surface area contributed by atoms with E-state index in [1.807, 2.05) is 18.2 Å². The van der Waals surface area contributed by atoms with E-state index in [4.69, 9.17) is 4.99 Å². The lowest BCUT2D eigenvalue weighted by Gasteiger charge is -2.18. The highest BCUT2D eigenvalue weighted by atomic mass is 32.1. The van der Waals surface area contributed by atoms with Crippen LogP contribution < -0.4 is 5.32 Å². The van der Waals surface area contributed by atoms with Crippen molar-refractivity contribution in [2.75, 3.05) is 31.5 Å². The van der Waals surface area contributed by atoms with Crippen LogP contribution in [0.4, 0.5) is 5.69 Å². The monoisotopic (exact) mass is 542 g/mol. The lowest BCUT2D eigenvalue weighted by atomic mass is 9.93. The van der Waals surface area contributed by atoms with E-state index >= 15 is 0 Å². The number of anilines is 1. The highest BCUT2D eigenvalue weighted by Gasteiger charge is 2.38. The molecule has 202 valence electrons. The van der Waals surface area contributed by atoms with Gasteiger partial charge in [-0.15, -0.1) is 11.3 Å². The minimum Gasteiger partial charge on any atom is -0.358 e. The number of fused-ring (bicyclic) bond motifs is 2.